The molecule has 0 bridgehead atoms. The van der Waals surface area contributed by atoms with Crippen LogP contribution in [0.3, 0.4) is 0 Å². The number of carbonyl (C=O) groups is 1. The Labute approximate surface area is 194 Å². The summed E-state index contributed by atoms with van der Waals surface area (Å²) in [5.41, 5.74) is 1.74. The predicted octanol–water partition coefficient (Wildman–Crippen LogP) is 0.833. The third-order valence-electron chi connectivity index (χ3n) is 5.45. The van der Waals surface area contributed by atoms with Crippen molar-refractivity contribution in [1.82, 2.24) is 9.62 Å². The first kappa shape index (κ1) is 25.3. The second-order valence-electron chi connectivity index (χ2n) is 8.21. The molecule has 2 aliphatic heterocycles. The molecule has 2 atom stereocenters. The summed E-state index contributed by atoms with van der Waals surface area (Å²) in [5, 5.41) is 16.4. The van der Waals surface area contributed by atoms with Crippen molar-refractivity contribution in [3.8, 4) is 0 Å². The van der Waals surface area contributed by atoms with Crippen LogP contribution in [0.5, 0.6) is 0 Å². The van der Waals surface area contributed by atoms with Crippen molar-refractivity contribution in [1.29, 1.82) is 5.41 Å². The smallest absolute Gasteiger partial charge is 0.332 e. The standard InChI is InChI=1S/C22H32N4O6S/c1-2-32-22(28)20-19(23)21(25-33(20,29)30)24-12-18(27)15-31-14-17-8-6-7-16(11-17)13-26-9-4-3-5-10-26/h6-8,11,18,20,23,27H,2-5,9-10,12-15H2,1H3,(H,24,25). The Hall–Kier alpha value is -2.34. The molecule has 0 aliphatic carbocycles. The van der Waals surface area contributed by atoms with Crippen molar-refractivity contribution >= 4 is 27.5 Å². The molecule has 0 saturated carbocycles. The van der Waals surface area contributed by atoms with E-state index in [4.69, 9.17) is 14.9 Å². The number of aliphatic hydroxyl groups is 1. The Kier molecular flexibility index (Phi) is 8.95. The van der Waals surface area contributed by atoms with Crippen molar-refractivity contribution < 1.29 is 27.8 Å². The minimum Gasteiger partial charge on any atom is -0.465 e. The summed E-state index contributed by atoms with van der Waals surface area (Å²) in [6, 6.07) is 8.17. The summed E-state index contributed by atoms with van der Waals surface area (Å²) in [4.78, 5) is 18.3. The predicted molar refractivity (Wildman–Crippen MR) is 124 cm³/mol. The SMILES string of the molecule is CCOC(=O)C1C(=N)C(=NCC(O)COCc2cccc(CN3CCCCC3)c2)NS1(=O)=O. The van der Waals surface area contributed by atoms with Crippen molar-refractivity contribution in [3.63, 3.8) is 0 Å². The summed E-state index contributed by atoms with van der Waals surface area (Å²) in [6.45, 7) is 4.87. The van der Waals surface area contributed by atoms with Crippen LogP contribution in [-0.2, 0) is 37.4 Å². The maximum Gasteiger partial charge on any atom is 0.332 e. The lowest BCUT2D eigenvalue weighted by Crippen LogP contribution is -2.35. The summed E-state index contributed by atoms with van der Waals surface area (Å²) in [6.07, 6.45) is 2.80. The molecule has 10 nitrogen and oxygen atoms in total. The number of hydrogen-bond donors (Lipinski definition) is 3. The van der Waals surface area contributed by atoms with Gasteiger partial charge in [0.2, 0.25) is 5.25 Å². The van der Waals surface area contributed by atoms with Gasteiger partial charge < -0.3 is 14.6 Å². The topological polar surface area (TPSA) is 141 Å². The lowest BCUT2D eigenvalue weighted by atomic mass is 10.1. The fourth-order valence-electron chi connectivity index (χ4n) is 3.86. The molecule has 3 N–H and O–H groups in total. The van der Waals surface area contributed by atoms with Crippen LogP contribution in [0.15, 0.2) is 29.3 Å². The highest BCUT2D eigenvalue weighted by Gasteiger charge is 2.47. The number of carbonyl (C=O) groups excluding carboxylic acids is 1. The number of hydrogen-bond acceptors (Lipinski definition) is 9. The third kappa shape index (κ3) is 7.07. The van der Waals surface area contributed by atoms with Gasteiger partial charge in [0.25, 0.3) is 10.0 Å². The number of nitrogens with zero attached hydrogens (tertiary/aromatic N) is 2. The molecule has 1 aromatic rings. The Morgan fingerprint density at radius 1 is 1.30 bits per heavy atom. The van der Waals surface area contributed by atoms with E-state index in [0.29, 0.717) is 6.61 Å². The van der Waals surface area contributed by atoms with Crippen LogP contribution < -0.4 is 4.72 Å². The zero-order chi connectivity index (χ0) is 23.8. The van der Waals surface area contributed by atoms with E-state index in [1.54, 1.807) is 6.92 Å². The molecule has 182 valence electrons. The first-order valence-corrected chi connectivity index (χ1v) is 12.7. The molecule has 2 aliphatic rings. The van der Waals surface area contributed by atoms with Crippen LogP contribution >= 0.6 is 0 Å². The highest BCUT2D eigenvalue weighted by atomic mass is 32.2. The van der Waals surface area contributed by atoms with Crippen molar-refractivity contribution in [2.75, 3.05) is 32.8 Å². The minimum atomic E-state index is -4.12. The lowest BCUT2D eigenvalue weighted by Gasteiger charge is -2.26. The van der Waals surface area contributed by atoms with Gasteiger partial charge in [-0.1, -0.05) is 30.7 Å². The zero-order valence-corrected chi connectivity index (χ0v) is 19.6. The molecule has 2 unspecified atom stereocenters. The number of esters is 1. The Balaban J connectivity index is 1.46. The fraction of sp³-hybridized carbons (Fsp3) is 0.591. The molecule has 1 aromatic carbocycles. The summed E-state index contributed by atoms with van der Waals surface area (Å²) in [5.74, 6) is -1.29. The van der Waals surface area contributed by atoms with Gasteiger partial charge in [-0.05, 0) is 44.0 Å². The number of nitrogens with one attached hydrogen (secondary N) is 2. The highest BCUT2D eigenvalue weighted by Crippen LogP contribution is 2.15. The molecule has 3 rings (SSSR count). The molecule has 33 heavy (non-hydrogen) atoms. The van der Waals surface area contributed by atoms with Gasteiger partial charge in [-0.3, -0.25) is 24.8 Å². The quantitative estimate of drug-likeness (QED) is 0.421. The largest absolute Gasteiger partial charge is 0.465 e. The average Bonchev–Trinajstić information content (AvgIpc) is 3.01. The minimum absolute atomic E-state index is 0.00181. The second kappa shape index (κ2) is 11.7. The summed E-state index contributed by atoms with van der Waals surface area (Å²) in [7, 11) is -4.12. The lowest BCUT2D eigenvalue weighted by molar-refractivity contribution is -0.141. The van der Waals surface area contributed by atoms with Crippen LogP contribution in [0, 0.1) is 5.41 Å². The number of piperidine rings is 1. The molecular weight excluding hydrogens is 448 g/mol. The second-order valence-corrected chi connectivity index (χ2v) is 9.97. The Bertz CT molecular complexity index is 975. The number of aliphatic imine (C=N–C) groups is 1. The van der Waals surface area contributed by atoms with E-state index < -0.39 is 33.1 Å². The van der Waals surface area contributed by atoms with Crippen LogP contribution in [-0.4, -0.2) is 80.1 Å². The molecule has 2 saturated heterocycles. The first-order valence-electron chi connectivity index (χ1n) is 11.2. The van der Waals surface area contributed by atoms with E-state index in [2.05, 4.69) is 26.7 Å². The van der Waals surface area contributed by atoms with Gasteiger partial charge in [-0.25, -0.2) is 8.42 Å². The number of rotatable bonds is 10. The van der Waals surface area contributed by atoms with Gasteiger partial charge in [-0.15, -0.1) is 0 Å². The number of sulfonamides is 1. The molecule has 0 spiro atoms. The first-order chi connectivity index (χ1) is 15.8. The van der Waals surface area contributed by atoms with Crippen molar-refractivity contribution in [2.45, 2.75) is 50.7 Å². The van der Waals surface area contributed by atoms with Crippen molar-refractivity contribution in [3.05, 3.63) is 35.4 Å². The van der Waals surface area contributed by atoms with E-state index in [1.807, 2.05) is 12.1 Å². The number of benzene rings is 1. The summed E-state index contributed by atoms with van der Waals surface area (Å²) < 4.78 is 36.6. The molecular formula is C22H32N4O6S. The molecule has 2 heterocycles. The monoisotopic (exact) mass is 480 g/mol. The maximum atomic E-state index is 12.1. The van der Waals surface area contributed by atoms with Crippen LogP contribution in [0.4, 0.5) is 0 Å². The fourth-order valence-corrected chi connectivity index (χ4v) is 5.17. The van der Waals surface area contributed by atoms with Gasteiger partial charge in [0.1, 0.15) is 5.71 Å². The molecule has 11 heteroatoms. The number of ether oxygens (including phenoxy) is 2. The zero-order valence-electron chi connectivity index (χ0n) is 18.8. The van der Waals surface area contributed by atoms with E-state index >= 15 is 0 Å². The average molecular weight is 481 g/mol. The number of aliphatic hydroxyl groups excluding tert-OH is 1. The number of amidine groups is 1. The van der Waals surface area contributed by atoms with Gasteiger partial charge in [0.05, 0.1) is 32.5 Å². The van der Waals surface area contributed by atoms with E-state index in [-0.39, 0.29) is 25.6 Å². The summed E-state index contributed by atoms with van der Waals surface area (Å²) >= 11 is 0. The van der Waals surface area contributed by atoms with E-state index in [1.165, 1.54) is 24.8 Å². The molecule has 0 amide bonds. The molecule has 2 fully saturated rings. The van der Waals surface area contributed by atoms with E-state index in [0.717, 1.165) is 25.2 Å². The van der Waals surface area contributed by atoms with Crippen LogP contribution in [0.1, 0.15) is 37.3 Å². The van der Waals surface area contributed by atoms with Crippen LogP contribution in [0.25, 0.3) is 0 Å². The molecule has 0 aromatic heterocycles. The van der Waals surface area contributed by atoms with Crippen molar-refractivity contribution in [2.24, 2.45) is 4.99 Å². The van der Waals surface area contributed by atoms with Gasteiger partial charge in [-0.2, -0.15) is 0 Å². The Morgan fingerprint density at radius 3 is 2.76 bits per heavy atom. The maximum absolute atomic E-state index is 12.1. The number of likely N-dealkylation sites (tertiary alicyclic amines) is 1. The van der Waals surface area contributed by atoms with Crippen LogP contribution in [0.2, 0.25) is 0 Å². The normalized spacial score (nSPS) is 22.8. The van der Waals surface area contributed by atoms with E-state index in [9.17, 15) is 18.3 Å². The Morgan fingerprint density at radius 2 is 2.03 bits per heavy atom. The highest BCUT2D eigenvalue weighted by molar-refractivity contribution is 7.93. The van der Waals surface area contributed by atoms with Gasteiger partial charge >= 0.3 is 5.97 Å². The van der Waals surface area contributed by atoms with Gasteiger partial charge in [0.15, 0.2) is 5.84 Å². The van der Waals surface area contributed by atoms with Gasteiger partial charge in [0, 0.05) is 6.54 Å². The third-order valence-corrected chi connectivity index (χ3v) is 6.98. The molecule has 0 radical (unpaired) electrons.